The third kappa shape index (κ3) is 7.43. The van der Waals surface area contributed by atoms with Crippen LogP contribution < -0.4 is 10.6 Å². The molecule has 3 rings (SSSR count). The van der Waals surface area contributed by atoms with Crippen LogP contribution in [-0.4, -0.2) is 35.0 Å². The summed E-state index contributed by atoms with van der Waals surface area (Å²) in [6, 6.07) is 19.8. The van der Waals surface area contributed by atoms with Gasteiger partial charge in [0.15, 0.2) is 16.6 Å². The average Bonchev–Trinajstić information content (AvgIpc) is 2.84. The molecule has 0 spiro atoms. The van der Waals surface area contributed by atoms with Gasteiger partial charge in [0.05, 0.1) is 12.2 Å². The molecule has 0 amide bonds. The summed E-state index contributed by atoms with van der Waals surface area (Å²) in [5.41, 5.74) is 2.17. The highest BCUT2D eigenvalue weighted by Crippen LogP contribution is 2.47. The molecule has 1 fully saturated rings. The summed E-state index contributed by atoms with van der Waals surface area (Å²) < 4.78 is 28.7. The molecule has 0 bridgehead atoms. The summed E-state index contributed by atoms with van der Waals surface area (Å²) in [5.74, 6) is 0. The van der Waals surface area contributed by atoms with Gasteiger partial charge >= 0.3 is 0 Å². The van der Waals surface area contributed by atoms with E-state index in [9.17, 15) is 4.57 Å². The first kappa shape index (κ1) is 32.0. The molecular weight excluding hydrogens is 532 g/mol. The molecule has 0 unspecified atom stereocenters. The third-order valence-corrected chi connectivity index (χ3v) is 21.2. The molecule has 1 aliphatic carbocycles. The molecule has 2 atom stereocenters. The Morgan fingerprint density at radius 3 is 1.69 bits per heavy atom. The fourth-order valence-corrected chi connectivity index (χ4v) is 9.71. The van der Waals surface area contributed by atoms with Crippen LogP contribution in [-0.2, 0) is 13.4 Å². The largest absolute Gasteiger partial charge is 0.413 e. The summed E-state index contributed by atoms with van der Waals surface area (Å²) in [4.78, 5) is 0. The van der Waals surface area contributed by atoms with Gasteiger partial charge in [-0.25, -0.2) is 0 Å². The second-order valence-corrected chi connectivity index (χ2v) is 26.5. The van der Waals surface area contributed by atoms with Crippen molar-refractivity contribution in [2.45, 2.75) is 103 Å². The monoisotopic (exact) mass is 582 g/mol. The first-order valence-corrected chi connectivity index (χ1v) is 22.0. The number of hydrogen-bond acceptors (Lipinski definition) is 3. The van der Waals surface area contributed by atoms with Crippen molar-refractivity contribution in [3.05, 3.63) is 84.5 Å². The van der Waals surface area contributed by atoms with Crippen LogP contribution in [0.25, 0.3) is 0 Å². The minimum atomic E-state index is -2.87. The van der Waals surface area contributed by atoms with Crippen molar-refractivity contribution >= 4 is 34.4 Å². The molecule has 3 nitrogen and oxygen atoms in total. The van der Waals surface area contributed by atoms with E-state index in [0.717, 1.165) is 34.6 Å². The maximum Gasteiger partial charge on any atom is 0.192 e. The van der Waals surface area contributed by atoms with Crippen LogP contribution in [0.4, 0.5) is 0 Å². The Bertz CT molecular complexity index is 1160. The van der Waals surface area contributed by atoms with Crippen LogP contribution in [0.5, 0.6) is 0 Å². The Kier molecular flexibility index (Phi) is 9.67. The van der Waals surface area contributed by atoms with E-state index in [-0.39, 0.29) is 22.3 Å². The van der Waals surface area contributed by atoms with Crippen molar-refractivity contribution in [2.75, 3.05) is 6.16 Å². The Morgan fingerprint density at radius 1 is 0.821 bits per heavy atom. The Balaban J connectivity index is 2.01. The Labute approximate surface area is 240 Å². The highest BCUT2D eigenvalue weighted by molar-refractivity contribution is 7.78. The van der Waals surface area contributed by atoms with Crippen LogP contribution in [0.2, 0.25) is 36.3 Å². The van der Waals surface area contributed by atoms with Crippen molar-refractivity contribution < 1.29 is 13.4 Å². The quantitative estimate of drug-likeness (QED) is 0.230. The lowest BCUT2D eigenvalue weighted by Crippen LogP contribution is -2.49. The van der Waals surface area contributed by atoms with Crippen molar-refractivity contribution in [3.8, 4) is 0 Å². The van der Waals surface area contributed by atoms with E-state index >= 15 is 0 Å². The van der Waals surface area contributed by atoms with Gasteiger partial charge in [-0.3, -0.25) is 0 Å². The Morgan fingerprint density at radius 2 is 1.26 bits per heavy atom. The average molecular weight is 583 g/mol. The molecule has 0 aromatic heterocycles. The van der Waals surface area contributed by atoms with Gasteiger partial charge < -0.3 is 13.4 Å². The van der Waals surface area contributed by atoms with Crippen LogP contribution in [0, 0.1) is 0 Å². The Hall–Kier alpha value is -1.50. The summed E-state index contributed by atoms with van der Waals surface area (Å²) in [7, 11) is -6.90. The maximum atomic E-state index is 14.7. The summed E-state index contributed by atoms with van der Waals surface area (Å²) in [5, 5.41) is 1.99. The molecule has 214 valence electrons. The molecular formula is C33H51O3PSi2. The third-order valence-electron chi connectivity index (χ3n) is 9.18. The van der Waals surface area contributed by atoms with Gasteiger partial charge in [-0.15, -0.1) is 0 Å². The molecule has 39 heavy (non-hydrogen) atoms. The molecule has 0 saturated heterocycles. The SMILES string of the molecule is C=C1/C(=C\CP(=O)(c2ccccc2)c2ccccc2)C[C@@H](O[Si](C)(C)C(C)(C)C)C[C@H]1O[Si](C)(C)C(C)(C)C. The van der Waals surface area contributed by atoms with E-state index in [1.165, 1.54) is 0 Å². The minimum Gasteiger partial charge on any atom is -0.413 e. The first-order chi connectivity index (χ1) is 17.9. The van der Waals surface area contributed by atoms with Crippen LogP contribution in [0.1, 0.15) is 54.4 Å². The molecule has 1 aliphatic rings. The first-order valence-electron chi connectivity index (χ1n) is 14.3. The van der Waals surface area contributed by atoms with Gasteiger partial charge in [-0.1, -0.05) is 115 Å². The van der Waals surface area contributed by atoms with E-state index < -0.39 is 23.8 Å². The second-order valence-electron chi connectivity index (χ2n) is 14.2. The van der Waals surface area contributed by atoms with E-state index in [1.54, 1.807) is 0 Å². The zero-order chi connectivity index (χ0) is 29.3. The summed E-state index contributed by atoms with van der Waals surface area (Å²) in [6.07, 6.45) is 4.22. The topological polar surface area (TPSA) is 35.5 Å². The predicted molar refractivity (Wildman–Crippen MR) is 175 cm³/mol. The number of rotatable bonds is 8. The number of benzene rings is 2. The molecule has 6 heteroatoms. The van der Waals surface area contributed by atoms with E-state index in [2.05, 4.69) is 80.4 Å². The standard InChI is InChI=1S/C33H51O3PSi2/c1-26-27(22-23-37(34,29-18-14-12-15-19-29)30-20-16-13-17-21-30)24-28(35-38(8,9)32(2,3)4)25-31(26)36-39(10,11)33(5,6)7/h12-22,28,31H,1,23-25H2,2-11H3/b27-22-/t28-,31-/m1/s1. The van der Waals surface area contributed by atoms with E-state index in [1.807, 2.05) is 60.7 Å². The zero-order valence-corrected chi connectivity index (χ0v) is 28.9. The van der Waals surface area contributed by atoms with Gasteiger partial charge in [0.25, 0.3) is 0 Å². The summed E-state index contributed by atoms with van der Waals surface area (Å²) in [6.45, 7) is 27.5. The lowest BCUT2D eigenvalue weighted by Gasteiger charge is -2.45. The van der Waals surface area contributed by atoms with Crippen LogP contribution >= 0.6 is 7.14 Å². The van der Waals surface area contributed by atoms with Crippen molar-refractivity contribution in [1.82, 2.24) is 0 Å². The fourth-order valence-electron chi connectivity index (χ4n) is 4.53. The molecule has 0 heterocycles. The summed E-state index contributed by atoms with van der Waals surface area (Å²) >= 11 is 0. The van der Waals surface area contributed by atoms with Crippen LogP contribution in [0.3, 0.4) is 0 Å². The fraction of sp³-hybridized carbons (Fsp3) is 0.515. The van der Waals surface area contributed by atoms with Gasteiger partial charge in [0, 0.05) is 23.2 Å². The van der Waals surface area contributed by atoms with Crippen LogP contribution in [0.15, 0.2) is 84.5 Å². The molecule has 2 aromatic carbocycles. The maximum absolute atomic E-state index is 14.7. The highest BCUT2D eigenvalue weighted by Gasteiger charge is 2.44. The predicted octanol–water partition coefficient (Wildman–Crippen LogP) is 9.06. The molecule has 2 aromatic rings. The highest BCUT2D eigenvalue weighted by atomic mass is 31.2. The van der Waals surface area contributed by atoms with Gasteiger partial charge in [-0.2, -0.15) is 0 Å². The minimum absolute atomic E-state index is 0.0604. The zero-order valence-electron chi connectivity index (χ0n) is 26.0. The van der Waals surface area contributed by atoms with Crippen molar-refractivity contribution in [2.24, 2.45) is 0 Å². The number of allylic oxidation sites excluding steroid dienone is 1. The molecule has 0 N–H and O–H groups in total. The van der Waals surface area contributed by atoms with E-state index in [0.29, 0.717) is 6.16 Å². The van der Waals surface area contributed by atoms with Crippen molar-refractivity contribution in [1.29, 1.82) is 0 Å². The van der Waals surface area contributed by atoms with Gasteiger partial charge in [0.2, 0.25) is 0 Å². The number of hydrogen-bond donors (Lipinski definition) is 0. The molecule has 1 saturated carbocycles. The molecule has 0 radical (unpaired) electrons. The van der Waals surface area contributed by atoms with E-state index in [4.69, 9.17) is 8.85 Å². The lowest BCUT2D eigenvalue weighted by atomic mass is 9.86. The second kappa shape index (κ2) is 11.8. The van der Waals surface area contributed by atoms with Crippen molar-refractivity contribution in [3.63, 3.8) is 0 Å². The van der Waals surface area contributed by atoms with Gasteiger partial charge in [0.1, 0.15) is 7.14 Å². The lowest BCUT2D eigenvalue weighted by molar-refractivity contribution is 0.0969. The molecule has 0 aliphatic heterocycles. The normalized spacial score (nSPS) is 20.9. The smallest absolute Gasteiger partial charge is 0.192 e. The van der Waals surface area contributed by atoms with Gasteiger partial charge in [-0.05, 0) is 53.8 Å².